The molecule has 0 fully saturated rings. The normalized spacial score (nSPS) is 13.9. The summed E-state index contributed by atoms with van der Waals surface area (Å²) in [6.07, 6.45) is 0.867. The number of aryl methyl sites for hydroxylation is 3. The van der Waals surface area contributed by atoms with Gasteiger partial charge in [-0.05, 0) is 78.9 Å². The topological polar surface area (TPSA) is 49.4 Å². The highest BCUT2D eigenvalue weighted by atomic mass is 19.1. The average molecular weight is 414 g/mol. The predicted molar refractivity (Wildman–Crippen MR) is 121 cm³/mol. The van der Waals surface area contributed by atoms with Gasteiger partial charge in [0.25, 0.3) is 11.8 Å². The first-order chi connectivity index (χ1) is 14.9. The molecule has 1 aliphatic rings. The molecule has 0 atom stereocenters. The number of nitrogens with one attached hydrogen (secondary N) is 1. The number of carbonyl (C=O) groups excluding carboxylic acids is 2. The van der Waals surface area contributed by atoms with Crippen molar-refractivity contribution < 1.29 is 14.0 Å². The zero-order valence-corrected chi connectivity index (χ0v) is 17.7. The number of rotatable bonds is 5. The van der Waals surface area contributed by atoms with Crippen LogP contribution in [0.1, 0.15) is 29.2 Å². The van der Waals surface area contributed by atoms with Gasteiger partial charge in [0, 0.05) is 5.69 Å². The fourth-order valence-corrected chi connectivity index (χ4v) is 3.60. The van der Waals surface area contributed by atoms with Crippen molar-refractivity contribution in [1.82, 2.24) is 0 Å². The molecule has 0 aliphatic carbocycles. The number of hydrogen-bond acceptors (Lipinski definition) is 3. The molecule has 3 aromatic carbocycles. The first kappa shape index (κ1) is 20.5. The Morgan fingerprint density at radius 3 is 2.13 bits per heavy atom. The average Bonchev–Trinajstić information content (AvgIpc) is 3.01. The van der Waals surface area contributed by atoms with E-state index in [9.17, 15) is 14.0 Å². The summed E-state index contributed by atoms with van der Waals surface area (Å²) in [6, 6.07) is 18.8. The fourth-order valence-electron chi connectivity index (χ4n) is 3.60. The molecule has 0 radical (unpaired) electrons. The summed E-state index contributed by atoms with van der Waals surface area (Å²) in [4.78, 5) is 28.0. The van der Waals surface area contributed by atoms with Crippen LogP contribution in [0.15, 0.2) is 72.4 Å². The van der Waals surface area contributed by atoms with Crippen LogP contribution >= 0.6 is 0 Å². The highest BCUT2D eigenvalue weighted by Crippen LogP contribution is 2.34. The van der Waals surface area contributed by atoms with Crippen LogP contribution in [0.3, 0.4) is 0 Å². The van der Waals surface area contributed by atoms with Crippen molar-refractivity contribution in [2.45, 2.75) is 27.2 Å². The third-order valence-corrected chi connectivity index (χ3v) is 5.60. The van der Waals surface area contributed by atoms with Gasteiger partial charge < -0.3 is 5.32 Å². The summed E-state index contributed by atoms with van der Waals surface area (Å²) in [5, 5.41) is 3.05. The van der Waals surface area contributed by atoms with E-state index in [2.05, 4.69) is 5.32 Å². The van der Waals surface area contributed by atoms with Gasteiger partial charge in [0.05, 0.1) is 11.3 Å². The van der Waals surface area contributed by atoms with Gasteiger partial charge in [-0.1, -0.05) is 37.3 Å². The lowest BCUT2D eigenvalue weighted by Gasteiger charge is -2.16. The van der Waals surface area contributed by atoms with Gasteiger partial charge in [-0.25, -0.2) is 9.29 Å². The van der Waals surface area contributed by atoms with Crippen molar-refractivity contribution in [1.29, 1.82) is 0 Å². The van der Waals surface area contributed by atoms with Crippen molar-refractivity contribution in [2.75, 3.05) is 10.2 Å². The minimum absolute atomic E-state index is 0.180. The lowest BCUT2D eigenvalue weighted by molar-refractivity contribution is -0.120. The lowest BCUT2D eigenvalue weighted by atomic mass is 9.99. The minimum atomic E-state index is -0.438. The quantitative estimate of drug-likeness (QED) is 0.569. The minimum Gasteiger partial charge on any atom is -0.350 e. The number of amides is 2. The van der Waals surface area contributed by atoms with Crippen molar-refractivity contribution in [3.63, 3.8) is 0 Å². The number of halogens is 1. The van der Waals surface area contributed by atoms with Crippen LogP contribution in [-0.4, -0.2) is 11.8 Å². The summed E-state index contributed by atoms with van der Waals surface area (Å²) in [7, 11) is 0. The maximum Gasteiger partial charge on any atom is 0.282 e. The Hall–Kier alpha value is -3.73. The van der Waals surface area contributed by atoms with E-state index in [-0.39, 0.29) is 17.4 Å². The number of carbonyl (C=O) groups is 2. The Labute approximate surface area is 181 Å². The van der Waals surface area contributed by atoms with E-state index in [1.807, 2.05) is 51.1 Å². The Bertz CT molecular complexity index is 1200. The molecule has 1 aliphatic heterocycles. The van der Waals surface area contributed by atoms with Crippen LogP contribution in [-0.2, 0) is 16.0 Å². The molecule has 0 spiro atoms. The molecule has 5 heteroatoms. The molecule has 0 saturated heterocycles. The molecular formula is C26H23FN2O2. The molecule has 1 heterocycles. The Balaban J connectivity index is 1.81. The number of benzene rings is 3. The molecule has 0 aromatic heterocycles. The predicted octanol–water partition coefficient (Wildman–Crippen LogP) is 5.40. The summed E-state index contributed by atoms with van der Waals surface area (Å²) >= 11 is 0. The maximum absolute atomic E-state index is 13.5. The number of hydrogen-bond donors (Lipinski definition) is 1. The molecule has 0 bridgehead atoms. The van der Waals surface area contributed by atoms with E-state index in [1.54, 1.807) is 12.1 Å². The van der Waals surface area contributed by atoms with Crippen LogP contribution in [0, 0.1) is 19.7 Å². The standard InChI is InChI=1S/C26H23FN2O2/c1-4-18-6-13-22(14-7-18)29-25(30)23(19-8-5-16(2)17(3)15-19)24(26(29)31)28-21-11-9-20(27)10-12-21/h5-15,28H,4H2,1-3H3. The Morgan fingerprint density at radius 2 is 1.52 bits per heavy atom. The van der Waals surface area contributed by atoms with Crippen molar-refractivity contribution in [3.05, 3.63) is 100 Å². The lowest BCUT2D eigenvalue weighted by Crippen LogP contribution is -2.32. The second-order valence-electron chi connectivity index (χ2n) is 7.65. The second kappa shape index (κ2) is 8.19. The van der Waals surface area contributed by atoms with Crippen LogP contribution in [0.5, 0.6) is 0 Å². The van der Waals surface area contributed by atoms with Gasteiger partial charge in [0.2, 0.25) is 0 Å². The number of nitrogens with zero attached hydrogens (tertiary/aromatic N) is 1. The van der Waals surface area contributed by atoms with E-state index in [0.29, 0.717) is 22.5 Å². The Kier molecular flexibility index (Phi) is 5.42. The number of anilines is 2. The molecule has 156 valence electrons. The molecule has 4 rings (SSSR count). The number of imide groups is 1. The van der Waals surface area contributed by atoms with E-state index < -0.39 is 5.91 Å². The summed E-state index contributed by atoms with van der Waals surface area (Å²) in [5.41, 5.74) is 5.44. The maximum atomic E-state index is 13.5. The van der Waals surface area contributed by atoms with Crippen molar-refractivity contribution >= 4 is 28.8 Å². The van der Waals surface area contributed by atoms with Gasteiger partial charge in [-0.2, -0.15) is 0 Å². The fraction of sp³-hybridized carbons (Fsp3) is 0.154. The molecule has 0 saturated carbocycles. The van der Waals surface area contributed by atoms with E-state index in [1.165, 1.54) is 29.2 Å². The second-order valence-corrected chi connectivity index (χ2v) is 7.65. The molecule has 0 unspecified atom stereocenters. The van der Waals surface area contributed by atoms with Crippen LogP contribution < -0.4 is 10.2 Å². The zero-order valence-electron chi connectivity index (χ0n) is 17.7. The van der Waals surface area contributed by atoms with Crippen LogP contribution in [0.2, 0.25) is 0 Å². The molecular weight excluding hydrogens is 391 g/mol. The first-order valence-electron chi connectivity index (χ1n) is 10.2. The van der Waals surface area contributed by atoms with Gasteiger partial charge in [0.1, 0.15) is 11.5 Å². The van der Waals surface area contributed by atoms with E-state index in [4.69, 9.17) is 0 Å². The molecule has 4 nitrogen and oxygen atoms in total. The monoisotopic (exact) mass is 414 g/mol. The highest BCUT2D eigenvalue weighted by molar-refractivity contribution is 6.46. The SMILES string of the molecule is CCc1ccc(N2C(=O)C(Nc3ccc(F)cc3)=C(c3ccc(C)c(C)c3)C2=O)cc1. The molecule has 1 N–H and O–H groups in total. The van der Waals surface area contributed by atoms with Gasteiger partial charge in [0.15, 0.2) is 0 Å². The third kappa shape index (κ3) is 3.87. The highest BCUT2D eigenvalue weighted by Gasteiger charge is 2.40. The first-order valence-corrected chi connectivity index (χ1v) is 10.2. The van der Waals surface area contributed by atoms with Crippen LogP contribution in [0.4, 0.5) is 15.8 Å². The molecule has 3 aromatic rings. The van der Waals surface area contributed by atoms with E-state index in [0.717, 1.165) is 23.1 Å². The van der Waals surface area contributed by atoms with E-state index >= 15 is 0 Å². The van der Waals surface area contributed by atoms with Crippen molar-refractivity contribution in [2.24, 2.45) is 0 Å². The van der Waals surface area contributed by atoms with Crippen LogP contribution in [0.25, 0.3) is 5.57 Å². The summed E-state index contributed by atoms with van der Waals surface area (Å²) < 4.78 is 13.3. The summed E-state index contributed by atoms with van der Waals surface area (Å²) in [6.45, 7) is 6.01. The summed E-state index contributed by atoms with van der Waals surface area (Å²) in [5.74, 6) is -1.20. The van der Waals surface area contributed by atoms with Gasteiger partial charge in [-0.3, -0.25) is 9.59 Å². The smallest absolute Gasteiger partial charge is 0.282 e. The zero-order chi connectivity index (χ0) is 22.1. The molecule has 31 heavy (non-hydrogen) atoms. The van der Waals surface area contributed by atoms with Gasteiger partial charge in [-0.15, -0.1) is 0 Å². The third-order valence-electron chi connectivity index (χ3n) is 5.60. The Morgan fingerprint density at radius 1 is 0.839 bits per heavy atom. The molecule has 2 amide bonds. The van der Waals surface area contributed by atoms with Crippen molar-refractivity contribution in [3.8, 4) is 0 Å². The largest absolute Gasteiger partial charge is 0.350 e. The van der Waals surface area contributed by atoms with Gasteiger partial charge >= 0.3 is 0 Å².